The third-order valence-corrected chi connectivity index (χ3v) is 1.62. The lowest BCUT2D eigenvalue weighted by molar-refractivity contribution is -0.526. The first kappa shape index (κ1) is 7.21. The van der Waals surface area contributed by atoms with Gasteiger partial charge in [0.05, 0.1) is 6.42 Å². The topological polar surface area (TPSA) is 55.5 Å². The molecule has 0 saturated heterocycles. The second-order valence-corrected chi connectivity index (χ2v) is 2.58. The number of halogens is 1. The smallest absolute Gasteiger partial charge is 0.269 e. The van der Waals surface area contributed by atoms with Crippen molar-refractivity contribution in [2.24, 2.45) is 4.99 Å². The molecule has 0 radical (unpaired) electrons. The molecule has 4 nitrogen and oxygen atoms in total. The van der Waals surface area contributed by atoms with Crippen LogP contribution >= 0.6 is 11.6 Å². The van der Waals surface area contributed by atoms with E-state index in [1.165, 1.54) is 18.5 Å². The minimum atomic E-state index is -1.46. The van der Waals surface area contributed by atoms with Gasteiger partial charge in [0.15, 0.2) is 0 Å². The summed E-state index contributed by atoms with van der Waals surface area (Å²) in [7, 11) is 0. The zero-order valence-electron chi connectivity index (χ0n) is 5.03. The largest absolute Gasteiger partial charge is 0.320 e. The summed E-state index contributed by atoms with van der Waals surface area (Å²) in [5.41, 5.74) is 0. The molecule has 0 bridgehead atoms. The Hall–Kier alpha value is -0.900. The molecule has 0 amide bonds. The number of alkyl halides is 1. The normalized spacial score (nSPS) is 30.5. The average molecular weight is 161 g/mol. The first-order valence-electron chi connectivity index (χ1n) is 2.68. The monoisotopic (exact) mass is 160 g/mol. The van der Waals surface area contributed by atoms with Gasteiger partial charge in [-0.3, -0.25) is 15.1 Å². The lowest BCUT2D eigenvalue weighted by atomic mass is 10.2. The van der Waals surface area contributed by atoms with Crippen molar-refractivity contribution in [2.45, 2.75) is 11.4 Å². The Morgan fingerprint density at radius 2 is 2.50 bits per heavy atom. The number of hydrogen-bond acceptors (Lipinski definition) is 3. The van der Waals surface area contributed by atoms with Gasteiger partial charge in [-0.15, -0.1) is 0 Å². The van der Waals surface area contributed by atoms with Crippen LogP contribution in [0.25, 0.3) is 0 Å². The molecule has 5 heteroatoms. The highest BCUT2D eigenvalue weighted by atomic mass is 35.5. The van der Waals surface area contributed by atoms with Gasteiger partial charge in [0.1, 0.15) is 0 Å². The fourth-order valence-corrected chi connectivity index (χ4v) is 0.728. The van der Waals surface area contributed by atoms with Crippen molar-refractivity contribution in [3.05, 3.63) is 22.4 Å². The first-order valence-corrected chi connectivity index (χ1v) is 3.06. The Morgan fingerprint density at radius 3 is 2.80 bits per heavy atom. The molecule has 0 aromatic heterocycles. The van der Waals surface area contributed by atoms with Gasteiger partial charge in [0.2, 0.25) is 0 Å². The molecular weight excluding hydrogens is 156 g/mol. The predicted octanol–water partition coefficient (Wildman–Crippen LogP) is 1.19. The van der Waals surface area contributed by atoms with Gasteiger partial charge < -0.3 is 0 Å². The van der Waals surface area contributed by atoms with Crippen LogP contribution in [-0.4, -0.2) is 16.1 Å². The highest BCUT2D eigenvalue weighted by Crippen LogP contribution is 2.23. The minimum Gasteiger partial charge on any atom is -0.269 e. The van der Waals surface area contributed by atoms with Gasteiger partial charge in [0.25, 0.3) is 0 Å². The van der Waals surface area contributed by atoms with E-state index in [0.717, 1.165) is 0 Å². The van der Waals surface area contributed by atoms with Crippen LogP contribution in [-0.2, 0) is 0 Å². The summed E-state index contributed by atoms with van der Waals surface area (Å²) in [6.45, 7) is 0. The zero-order valence-corrected chi connectivity index (χ0v) is 5.78. The van der Waals surface area contributed by atoms with Crippen LogP contribution in [0.3, 0.4) is 0 Å². The van der Waals surface area contributed by atoms with Crippen molar-refractivity contribution in [3.8, 4) is 0 Å². The van der Waals surface area contributed by atoms with Crippen LogP contribution in [0.1, 0.15) is 6.42 Å². The van der Waals surface area contributed by atoms with E-state index in [-0.39, 0.29) is 6.42 Å². The van der Waals surface area contributed by atoms with E-state index in [9.17, 15) is 10.1 Å². The van der Waals surface area contributed by atoms with E-state index in [4.69, 9.17) is 11.6 Å². The molecular formula is C5H5ClN2O2. The van der Waals surface area contributed by atoms with Crippen molar-refractivity contribution < 1.29 is 4.92 Å². The fraction of sp³-hybridized carbons (Fsp3) is 0.400. The summed E-state index contributed by atoms with van der Waals surface area (Å²) in [5.74, 6) is 0. The maximum atomic E-state index is 10.2. The summed E-state index contributed by atoms with van der Waals surface area (Å²) in [5, 5.41) is 10.2. The molecule has 1 aliphatic rings. The van der Waals surface area contributed by atoms with Gasteiger partial charge in [-0.2, -0.15) is 0 Å². The first-order chi connectivity index (χ1) is 4.65. The fourth-order valence-electron chi connectivity index (χ4n) is 0.602. The van der Waals surface area contributed by atoms with Gasteiger partial charge in [-0.25, -0.2) is 0 Å². The molecule has 0 saturated carbocycles. The summed E-state index contributed by atoms with van der Waals surface area (Å²) < 4.78 is 0. The number of aliphatic imine (C=N–C) groups is 1. The number of nitro groups is 1. The molecule has 1 unspecified atom stereocenters. The molecule has 0 aromatic rings. The quantitative estimate of drug-likeness (QED) is 0.250. The van der Waals surface area contributed by atoms with Crippen LogP contribution in [0.4, 0.5) is 0 Å². The van der Waals surface area contributed by atoms with E-state index >= 15 is 0 Å². The lowest BCUT2D eigenvalue weighted by Crippen LogP contribution is -2.30. The van der Waals surface area contributed by atoms with Gasteiger partial charge in [-0.1, -0.05) is 0 Å². The lowest BCUT2D eigenvalue weighted by Gasteiger charge is -2.12. The molecule has 1 heterocycles. The van der Waals surface area contributed by atoms with Crippen LogP contribution in [0.15, 0.2) is 17.3 Å². The molecule has 0 aromatic carbocycles. The van der Waals surface area contributed by atoms with Crippen LogP contribution in [0, 0.1) is 10.1 Å². The van der Waals surface area contributed by atoms with Crippen molar-refractivity contribution >= 4 is 17.8 Å². The highest BCUT2D eigenvalue weighted by molar-refractivity contribution is 6.24. The van der Waals surface area contributed by atoms with Crippen LogP contribution in [0.2, 0.25) is 0 Å². The third-order valence-electron chi connectivity index (χ3n) is 1.20. The van der Waals surface area contributed by atoms with Gasteiger partial charge >= 0.3 is 5.00 Å². The molecule has 0 fully saturated rings. The second kappa shape index (κ2) is 2.38. The summed E-state index contributed by atoms with van der Waals surface area (Å²) in [4.78, 5) is 11.9. The SMILES string of the molecule is O=[N+]([O-])C1(Cl)C=CN=CC1. The Morgan fingerprint density at radius 1 is 1.80 bits per heavy atom. The molecule has 54 valence electrons. The van der Waals surface area contributed by atoms with Crippen molar-refractivity contribution in [1.82, 2.24) is 0 Å². The van der Waals surface area contributed by atoms with Gasteiger partial charge in [0, 0.05) is 23.4 Å². The molecule has 1 aliphatic heterocycles. The van der Waals surface area contributed by atoms with Crippen LogP contribution in [0.5, 0.6) is 0 Å². The van der Waals surface area contributed by atoms with Crippen LogP contribution < -0.4 is 0 Å². The zero-order chi connectivity index (χ0) is 7.61. The number of hydrogen-bond donors (Lipinski definition) is 0. The van der Waals surface area contributed by atoms with Gasteiger partial charge in [-0.05, 0) is 11.6 Å². The van der Waals surface area contributed by atoms with E-state index in [1.807, 2.05) is 0 Å². The van der Waals surface area contributed by atoms with E-state index < -0.39 is 9.92 Å². The average Bonchev–Trinajstić information content (AvgIpc) is 1.89. The third kappa shape index (κ3) is 1.16. The summed E-state index contributed by atoms with van der Waals surface area (Å²) >= 11 is 5.53. The summed E-state index contributed by atoms with van der Waals surface area (Å²) in [6.07, 6.45) is 4.18. The maximum absolute atomic E-state index is 10.2. The standard InChI is InChI=1S/C5H5ClN2O2/c6-5(8(9)10)1-3-7-4-2-5/h1,3-4H,2H2. The van der Waals surface area contributed by atoms with E-state index in [1.54, 1.807) is 0 Å². The Kier molecular flexibility index (Phi) is 1.72. The maximum Gasteiger partial charge on any atom is 0.320 e. The second-order valence-electron chi connectivity index (χ2n) is 1.93. The van der Waals surface area contributed by atoms with Crippen molar-refractivity contribution in [2.75, 3.05) is 0 Å². The predicted molar refractivity (Wildman–Crippen MR) is 37.8 cm³/mol. The molecule has 1 rings (SSSR count). The molecule has 10 heavy (non-hydrogen) atoms. The van der Waals surface area contributed by atoms with E-state index in [2.05, 4.69) is 4.99 Å². The van der Waals surface area contributed by atoms with Crippen molar-refractivity contribution in [1.29, 1.82) is 0 Å². The molecule has 0 spiro atoms. The van der Waals surface area contributed by atoms with E-state index in [0.29, 0.717) is 0 Å². The Balaban J connectivity index is 2.80. The molecule has 0 aliphatic carbocycles. The Labute approximate surface area is 62.4 Å². The highest BCUT2D eigenvalue weighted by Gasteiger charge is 2.37. The summed E-state index contributed by atoms with van der Waals surface area (Å²) in [6, 6.07) is 0. The minimum absolute atomic E-state index is 0.151. The number of rotatable bonds is 1. The Bertz CT molecular complexity index is 214. The number of nitrogens with zero attached hydrogens (tertiary/aromatic N) is 2. The molecule has 1 atom stereocenters. The molecule has 0 N–H and O–H groups in total. The van der Waals surface area contributed by atoms with Crippen molar-refractivity contribution in [3.63, 3.8) is 0 Å².